The Balaban J connectivity index is 1.32. The number of nitrogens with one attached hydrogen (secondary N) is 1. The third-order valence-electron chi connectivity index (χ3n) is 6.16. The summed E-state index contributed by atoms with van der Waals surface area (Å²) < 4.78 is 46.8. The maximum atomic E-state index is 13.9. The number of carbonyl (C=O) groups excluding carboxylic acids is 1. The molecule has 3 aromatic rings. The van der Waals surface area contributed by atoms with E-state index in [1.54, 1.807) is 37.4 Å². The van der Waals surface area contributed by atoms with E-state index in [0.717, 1.165) is 32.1 Å². The molecule has 2 aromatic carbocycles. The maximum absolute atomic E-state index is 13.9. The lowest BCUT2D eigenvalue weighted by molar-refractivity contribution is -0.116. The van der Waals surface area contributed by atoms with Crippen LogP contribution in [0.3, 0.4) is 0 Å². The minimum atomic E-state index is -3.58. The topological polar surface area (TPSA) is 92.5 Å². The highest BCUT2D eigenvalue weighted by atomic mass is 32.2. The highest BCUT2D eigenvalue weighted by Crippen LogP contribution is 2.27. The molecule has 1 aromatic heterocycles. The summed E-state index contributed by atoms with van der Waals surface area (Å²) >= 11 is 0. The fourth-order valence-electron chi connectivity index (χ4n) is 4.17. The van der Waals surface area contributed by atoms with Crippen molar-refractivity contribution in [1.29, 1.82) is 0 Å². The smallest absolute Gasteiger partial charge is 0.243 e. The first-order valence-electron chi connectivity index (χ1n) is 11.4. The van der Waals surface area contributed by atoms with Crippen LogP contribution >= 0.6 is 0 Å². The van der Waals surface area contributed by atoms with Gasteiger partial charge in [0.1, 0.15) is 5.82 Å². The van der Waals surface area contributed by atoms with Gasteiger partial charge in [0, 0.05) is 31.6 Å². The van der Waals surface area contributed by atoms with Gasteiger partial charge in [-0.25, -0.2) is 17.8 Å². The van der Waals surface area contributed by atoms with Crippen LogP contribution in [0.5, 0.6) is 0 Å². The van der Waals surface area contributed by atoms with E-state index in [9.17, 15) is 17.6 Å². The number of halogens is 1. The van der Waals surface area contributed by atoms with Gasteiger partial charge in [0.05, 0.1) is 16.7 Å². The Kier molecular flexibility index (Phi) is 7.43. The number of aromatic nitrogens is 1. The van der Waals surface area contributed by atoms with Gasteiger partial charge < -0.3 is 9.73 Å². The van der Waals surface area contributed by atoms with Gasteiger partial charge in [-0.15, -0.1) is 0 Å². The van der Waals surface area contributed by atoms with Crippen LogP contribution in [0.2, 0.25) is 0 Å². The normalized spacial score (nSPS) is 14.9. The van der Waals surface area contributed by atoms with E-state index in [4.69, 9.17) is 4.42 Å². The molecule has 0 bridgehead atoms. The van der Waals surface area contributed by atoms with E-state index in [2.05, 4.69) is 10.3 Å². The molecule has 1 aliphatic rings. The lowest BCUT2D eigenvalue weighted by Gasteiger charge is -2.30. The van der Waals surface area contributed by atoms with Gasteiger partial charge in [0.15, 0.2) is 11.7 Å². The van der Waals surface area contributed by atoms with Crippen LogP contribution in [-0.2, 0) is 21.2 Å². The standard InChI is InChI=1S/C25H28FN3O4S/c1-29(19-7-3-2-4-8-19)34(31,32)20-13-11-18(12-14-20)28-24(30)15-16-25-27-17-23(33-25)21-9-5-6-10-22(21)26/h5-6,9-14,17,19H,2-4,7-8,15-16H2,1H3,(H,28,30). The third-order valence-corrected chi connectivity index (χ3v) is 8.09. The van der Waals surface area contributed by atoms with Gasteiger partial charge in [-0.3, -0.25) is 4.79 Å². The Hall–Kier alpha value is -3.04. The number of carbonyl (C=O) groups is 1. The summed E-state index contributed by atoms with van der Waals surface area (Å²) in [5.74, 6) is -0.0250. The molecular weight excluding hydrogens is 457 g/mol. The number of benzene rings is 2. The zero-order chi connectivity index (χ0) is 24.1. The van der Waals surface area contributed by atoms with Crippen molar-refractivity contribution < 1.29 is 22.0 Å². The molecule has 0 aliphatic heterocycles. The van der Waals surface area contributed by atoms with Gasteiger partial charge in [-0.05, 0) is 49.2 Å². The van der Waals surface area contributed by atoms with Crippen LogP contribution in [0.25, 0.3) is 11.3 Å². The quantitative estimate of drug-likeness (QED) is 0.484. The van der Waals surface area contributed by atoms with Crippen molar-refractivity contribution in [3.05, 3.63) is 66.4 Å². The Labute approximate surface area is 199 Å². The Morgan fingerprint density at radius 2 is 1.82 bits per heavy atom. The van der Waals surface area contributed by atoms with Crippen molar-refractivity contribution in [2.24, 2.45) is 0 Å². The zero-order valence-electron chi connectivity index (χ0n) is 19.0. The Morgan fingerprint density at radius 3 is 2.53 bits per heavy atom. The minimum absolute atomic E-state index is 0.0345. The molecule has 1 fully saturated rings. The Bertz CT molecular complexity index is 1240. The summed E-state index contributed by atoms with van der Waals surface area (Å²) in [6.07, 6.45) is 6.82. The first-order chi connectivity index (χ1) is 16.3. The first-order valence-corrected chi connectivity index (χ1v) is 12.9. The van der Waals surface area contributed by atoms with Crippen molar-refractivity contribution in [2.75, 3.05) is 12.4 Å². The number of rotatable bonds is 8. The summed E-state index contributed by atoms with van der Waals surface area (Å²) in [7, 11) is -1.94. The fraction of sp³-hybridized carbons (Fsp3) is 0.360. The van der Waals surface area contributed by atoms with Crippen molar-refractivity contribution in [2.45, 2.75) is 55.9 Å². The fourth-order valence-corrected chi connectivity index (χ4v) is 5.59. The second-order valence-corrected chi connectivity index (χ2v) is 10.5. The van der Waals surface area contributed by atoms with E-state index in [1.807, 2.05) is 0 Å². The average Bonchev–Trinajstić information content (AvgIpc) is 3.32. The van der Waals surface area contributed by atoms with E-state index in [0.29, 0.717) is 22.9 Å². The average molecular weight is 486 g/mol. The zero-order valence-corrected chi connectivity index (χ0v) is 19.9. The van der Waals surface area contributed by atoms with Gasteiger partial charge in [0.25, 0.3) is 0 Å². The molecule has 1 N–H and O–H groups in total. The molecule has 0 radical (unpaired) electrons. The van der Waals surface area contributed by atoms with E-state index >= 15 is 0 Å². The molecule has 7 nitrogen and oxygen atoms in total. The number of hydrogen-bond donors (Lipinski definition) is 1. The molecule has 4 rings (SSSR count). The van der Waals surface area contributed by atoms with Crippen molar-refractivity contribution in [3.63, 3.8) is 0 Å². The van der Waals surface area contributed by atoms with Crippen LogP contribution in [-0.4, -0.2) is 36.7 Å². The maximum Gasteiger partial charge on any atom is 0.243 e. The first kappa shape index (κ1) is 24.1. The number of anilines is 1. The summed E-state index contributed by atoms with van der Waals surface area (Å²) in [6.45, 7) is 0. The van der Waals surface area contributed by atoms with Crippen LogP contribution in [0.4, 0.5) is 10.1 Å². The van der Waals surface area contributed by atoms with Crippen LogP contribution < -0.4 is 5.32 Å². The molecule has 9 heteroatoms. The van der Waals surface area contributed by atoms with E-state index in [1.165, 1.54) is 28.7 Å². The summed E-state index contributed by atoms with van der Waals surface area (Å²) in [5.41, 5.74) is 0.818. The molecule has 0 saturated heterocycles. The number of hydrogen-bond acceptors (Lipinski definition) is 5. The number of aryl methyl sites for hydroxylation is 1. The van der Waals surface area contributed by atoms with Gasteiger partial charge in [0.2, 0.25) is 15.9 Å². The lowest BCUT2D eigenvalue weighted by atomic mass is 9.96. The van der Waals surface area contributed by atoms with Crippen molar-refractivity contribution in [1.82, 2.24) is 9.29 Å². The van der Waals surface area contributed by atoms with Gasteiger partial charge in [-0.1, -0.05) is 31.4 Å². The highest BCUT2D eigenvalue weighted by molar-refractivity contribution is 7.89. The summed E-state index contributed by atoms with van der Waals surface area (Å²) in [6, 6.07) is 12.5. The number of amides is 1. The monoisotopic (exact) mass is 485 g/mol. The SMILES string of the molecule is CN(C1CCCCC1)S(=O)(=O)c1ccc(NC(=O)CCc2ncc(-c3ccccc3F)o2)cc1. The molecule has 34 heavy (non-hydrogen) atoms. The third kappa shape index (κ3) is 5.53. The second-order valence-electron chi connectivity index (χ2n) is 8.48. The summed E-state index contributed by atoms with van der Waals surface area (Å²) in [4.78, 5) is 16.7. The van der Waals surface area contributed by atoms with Crippen molar-refractivity contribution in [3.8, 4) is 11.3 Å². The molecule has 0 atom stereocenters. The number of oxazole rings is 1. The molecule has 1 heterocycles. The molecular formula is C25H28FN3O4S. The lowest BCUT2D eigenvalue weighted by Crippen LogP contribution is -2.38. The number of nitrogens with zero attached hydrogens (tertiary/aromatic N) is 2. The number of sulfonamides is 1. The molecule has 0 spiro atoms. The van der Waals surface area contributed by atoms with Crippen molar-refractivity contribution >= 4 is 21.6 Å². The molecule has 1 saturated carbocycles. The van der Waals surface area contributed by atoms with Crippen LogP contribution in [0.15, 0.2) is 64.0 Å². The molecule has 180 valence electrons. The van der Waals surface area contributed by atoms with Gasteiger partial charge >= 0.3 is 0 Å². The predicted octanol–water partition coefficient (Wildman–Crippen LogP) is 5.01. The minimum Gasteiger partial charge on any atom is -0.441 e. The highest BCUT2D eigenvalue weighted by Gasteiger charge is 2.29. The predicted molar refractivity (Wildman–Crippen MR) is 127 cm³/mol. The molecule has 1 amide bonds. The van der Waals surface area contributed by atoms with Gasteiger partial charge in [-0.2, -0.15) is 4.31 Å². The summed E-state index contributed by atoms with van der Waals surface area (Å²) in [5, 5.41) is 2.75. The molecule has 1 aliphatic carbocycles. The molecule has 0 unspecified atom stereocenters. The van der Waals surface area contributed by atoms with E-state index < -0.39 is 15.8 Å². The van der Waals surface area contributed by atoms with E-state index in [-0.39, 0.29) is 29.7 Å². The second kappa shape index (κ2) is 10.5. The van der Waals surface area contributed by atoms with Crippen LogP contribution in [0.1, 0.15) is 44.4 Å². The largest absolute Gasteiger partial charge is 0.441 e. The Morgan fingerprint density at radius 1 is 1.12 bits per heavy atom. The van der Waals surface area contributed by atoms with Crippen LogP contribution in [0, 0.1) is 5.82 Å².